The molecule has 8 heteroatoms. The van der Waals surface area contributed by atoms with E-state index in [4.69, 9.17) is 0 Å². The lowest BCUT2D eigenvalue weighted by molar-refractivity contribution is -0.116. The number of carbonyl (C=O) groups excluding carboxylic acids is 2. The zero-order valence-electron chi connectivity index (χ0n) is 14.5. The van der Waals surface area contributed by atoms with Gasteiger partial charge in [0.15, 0.2) is 0 Å². The monoisotopic (exact) mass is 446 g/mol. The van der Waals surface area contributed by atoms with Gasteiger partial charge < -0.3 is 10.6 Å². The first-order valence-corrected chi connectivity index (χ1v) is 10.2. The molecule has 0 atom stereocenters. The third kappa shape index (κ3) is 5.77. The molecule has 0 bridgehead atoms. The molecule has 0 saturated carbocycles. The number of aromatic nitrogens is 2. The fraction of sp³-hybridized carbons (Fsp3) is 0.211. The molecule has 0 saturated heterocycles. The number of benzene rings is 1. The Morgan fingerprint density at radius 3 is 2.70 bits per heavy atom. The lowest BCUT2D eigenvalue weighted by Crippen LogP contribution is -2.25. The van der Waals surface area contributed by atoms with Crippen molar-refractivity contribution in [3.8, 4) is 0 Å². The molecule has 2 aromatic heterocycles. The Morgan fingerprint density at radius 1 is 1.15 bits per heavy atom. The predicted octanol–water partition coefficient (Wildman–Crippen LogP) is 3.90. The Bertz CT molecular complexity index is 891. The topological polar surface area (TPSA) is 76.0 Å². The van der Waals surface area contributed by atoms with Crippen molar-refractivity contribution in [2.24, 2.45) is 0 Å². The summed E-state index contributed by atoms with van der Waals surface area (Å²) in [5, 5.41) is 11.8. The molecular formula is C19H19BrN4O2S. The number of hydrogen-bond acceptors (Lipinski definition) is 4. The Kier molecular flexibility index (Phi) is 6.78. The standard InChI is InChI=1S/C19H19BrN4O2S/c20-15-7-5-14(6-8-15)13-24-17(9-11-22-24)23-18(25)4-1-10-21-19(26)16-3-2-12-27-16/h2-3,5-9,11-12H,1,4,10,13H2,(H,21,26)(H,23,25). The van der Waals surface area contributed by atoms with E-state index >= 15 is 0 Å². The van der Waals surface area contributed by atoms with E-state index in [0.717, 1.165) is 10.0 Å². The molecule has 3 aromatic rings. The SMILES string of the molecule is O=C(CCCNC(=O)c1cccs1)Nc1ccnn1Cc1ccc(Br)cc1. The lowest BCUT2D eigenvalue weighted by Gasteiger charge is -2.09. The van der Waals surface area contributed by atoms with Crippen LogP contribution in [0.2, 0.25) is 0 Å². The summed E-state index contributed by atoms with van der Waals surface area (Å²) < 4.78 is 2.77. The second-order valence-corrected chi connectivity index (χ2v) is 7.75. The summed E-state index contributed by atoms with van der Waals surface area (Å²) in [5.74, 6) is 0.460. The van der Waals surface area contributed by atoms with Crippen LogP contribution in [0.1, 0.15) is 28.1 Å². The Balaban J connectivity index is 1.44. The highest BCUT2D eigenvalue weighted by Crippen LogP contribution is 2.14. The van der Waals surface area contributed by atoms with Crippen LogP contribution in [0.4, 0.5) is 5.82 Å². The van der Waals surface area contributed by atoms with E-state index in [1.807, 2.05) is 35.7 Å². The maximum absolute atomic E-state index is 12.2. The summed E-state index contributed by atoms with van der Waals surface area (Å²) in [5.41, 5.74) is 1.09. The van der Waals surface area contributed by atoms with E-state index in [2.05, 4.69) is 31.7 Å². The Hall–Kier alpha value is -2.45. The average molecular weight is 447 g/mol. The quantitative estimate of drug-likeness (QED) is 0.515. The summed E-state index contributed by atoms with van der Waals surface area (Å²) in [4.78, 5) is 24.7. The summed E-state index contributed by atoms with van der Waals surface area (Å²) in [6.07, 6.45) is 2.56. The van der Waals surface area contributed by atoms with Gasteiger partial charge in [-0.2, -0.15) is 5.10 Å². The number of anilines is 1. The average Bonchev–Trinajstić information content (AvgIpc) is 3.33. The van der Waals surface area contributed by atoms with Crippen LogP contribution >= 0.6 is 27.3 Å². The zero-order valence-corrected chi connectivity index (χ0v) is 16.9. The van der Waals surface area contributed by atoms with Crippen LogP contribution in [0.3, 0.4) is 0 Å². The highest BCUT2D eigenvalue weighted by molar-refractivity contribution is 9.10. The molecule has 2 N–H and O–H groups in total. The number of rotatable bonds is 8. The van der Waals surface area contributed by atoms with Crippen molar-refractivity contribution in [2.75, 3.05) is 11.9 Å². The molecule has 6 nitrogen and oxygen atoms in total. The molecule has 1 aromatic carbocycles. The number of carbonyl (C=O) groups is 2. The van der Waals surface area contributed by atoms with Crippen molar-refractivity contribution in [1.82, 2.24) is 15.1 Å². The van der Waals surface area contributed by atoms with E-state index in [1.165, 1.54) is 11.3 Å². The molecule has 27 heavy (non-hydrogen) atoms. The van der Waals surface area contributed by atoms with Crippen molar-refractivity contribution in [2.45, 2.75) is 19.4 Å². The third-order valence-corrected chi connectivity index (χ3v) is 5.24. The molecule has 0 spiro atoms. The molecule has 0 unspecified atom stereocenters. The van der Waals surface area contributed by atoms with Gasteiger partial charge in [-0.1, -0.05) is 34.1 Å². The van der Waals surface area contributed by atoms with Gasteiger partial charge in [-0.3, -0.25) is 9.59 Å². The van der Waals surface area contributed by atoms with E-state index in [9.17, 15) is 9.59 Å². The number of hydrogen-bond donors (Lipinski definition) is 2. The molecule has 140 valence electrons. The number of thiophene rings is 1. The van der Waals surface area contributed by atoms with Gasteiger partial charge in [0.2, 0.25) is 5.91 Å². The van der Waals surface area contributed by atoms with E-state index in [0.29, 0.717) is 36.6 Å². The van der Waals surface area contributed by atoms with Gasteiger partial charge in [-0.05, 0) is 35.6 Å². The van der Waals surface area contributed by atoms with Crippen LogP contribution in [0, 0.1) is 0 Å². The van der Waals surface area contributed by atoms with Gasteiger partial charge in [0.25, 0.3) is 5.91 Å². The maximum Gasteiger partial charge on any atom is 0.261 e. The van der Waals surface area contributed by atoms with Crippen LogP contribution < -0.4 is 10.6 Å². The number of nitrogens with zero attached hydrogens (tertiary/aromatic N) is 2. The maximum atomic E-state index is 12.2. The predicted molar refractivity (Wildman–Crippen MR) is 110 cm³/mol. The van der Waals surface area contributed by atoms with Crippen LogP contribution in [-0.2, 0) is 11.3 Å². The molecule has 2 amide bonds. The van der Waals surface area contributed by atoms with Crippen LogP contribution in [0.15, 0.2) is 58.5 Å². The fourth-order valence-corrected chi connectivity index (χ4v) is 3.38. The molecule has 0 aliphatic heterocycles. The Labute approximate surface area is 169 Å². The largest absolute Gasteiger partial charge is 0.351 e. The first-order chi connectivity index (χ1) is 13.1. The summed E-state index contributed by atoms with van der Waals surface area (Å²) in [6, 6.07) is 13.4. The molecule has 2 heterocycles. The molecule has 3 rings (SSSR count). The van der Waals surface area contributed by atoms with E-state index in [-0.39, 0.29) is 11.8 Å². The van der Waals surface area contributed by atoms with E-state index in [1.54, 1.807) is 23.0 Å². The molecular weight excluding hydrogens is 428 g/mol. The van der Waals surface area contributed by atoms with Gasteiger partial charge in [0.05, 0.1) is 17.6 Å². The van der Waals surface area contributed by atoms with Crippen molar-refractivity contribution in [3.63, 3.8) is 0 Å². The third-order valence-electron chi connectivity index (χ3n) is 3.84. The second kappa shape index (κ2) is 9.48. The second-order valence-electron chi connectivity index (χ2n) is 5.89. The van der Waals surface area contributed by atoms with E-state index < -0.39 is 0 Å². The van der Waals surface area contributed by atoms with Crippen molar-refractivity contribution < 1.29 is 9.59 Å². The van der Waals surface area contributed by atoms with Gasteiger partial charge in [-0.25, -0.2) is 4.68 Å². The van der Waals surface area contributed by atoms with Gasteiger partial charge in [-0.15, -0.1) is 11.3 Å². The highest BCUT2D eigenvalue weighted by Gasteiger charge is 2.09. The number of nitrogens with one attached hydrogen (secondary N) is 2. The minimum absolute atomic E-state index is 0.0991. The van der Waals surface area contributed by atoms with Gasteiger partial charge in [0, 0.05) is 23.5 Å². The summed E-state index contributed by atoms with van der Waals surface area (Å²) >= 11 is 4.81. The highest BCUT2D eigenvalue weighted by atomic mass is 79.9. The van der Waals surface area contributed by atoms with Crippen molar-refractivity contribution in [3.05, 3.63) is 69.0 Å². The van der Waals surface area contributed by atoms with Crippen molar-refractivity contribution >= 4 is 44.9 Å². The van der Waals surface area contributed by atoms with Gasteiger partial charge >= 0.3 is 0 Å². The van der Waals surface area contributed by atoms with Crippen molar-refractivity contribution in [1.29, 1.82) is 0 Å². The lowest BCUT2D eigenvalue weighted by atomic mass is 10.2. The Morgan fingerprint density at radius 2 is 1.96 bits per heavy atom. The molecule has 0 aliphatic rings. The van der Waals surface area contributed by atoms with Crippen LogP contribution in [-0.4, -0.2) is 28.1 Å². The van der Waals surface area contributed by atoms with Gasteiger partial charge in [0.1, 0.15) is 5.82 Å². The molecule has 0 aliphatic carbocycles. The van der Waals surface area contributed by atoms with Crippen LogP contribution in [0.5, 0.6) is 0 Å². The molecule has 0 fully saturated rings. The first kappa shape index (κ1) is 19.3. The smallest absolute Gasteiger partial charge is 0.261 e. The summed E-state index contributed by atoms with van der Waals surface area (Å²) in [6.45, 7) is 1.04. The minimum Gasteiger partial charge on any atom is -0.351 e. The number of amides is 2. The normalized spacial score (nSPS) is 10.6. The van der Waals surface area contributed by atoms with Crippen LogP contribution in [0.25, 0.3) is 0 Å². The number of halogens is 1. The zero-order chi connectivity index (χ0) is 19.1. The fourth-order valence-electron chi connectivity index (χ4n) is 2.48. The molecule has 0 radical (unpaired) electrons. The summed E-state index contributed by atoms with van der Waals surface area (Å²) in [7, 11) is 0. The minimum atomic E-state index is -0.0991. The first-order valence-electron chi connectivity index (χ1n) is 8.49.